The van der Waals surface area contributed by atoms with Gasteiger partial charge in [-0.15, -0.1) is 13.2 Å². The maximum Gasteiger partial charge on any atom is 0.573 e. The molecule has 1 aromatic heterocycles. The summed E-state index contributed by atoms with van der Waals surface area (Å²) in [4.78, 5) is 4.17. The molecule has 0 aliphatic rings. The molecule has 3 aromatic rings. The van der Waals surface area contributed by atoms with E-state index in [2.05, 4.69) is 19.9 Å². The quantitative estimate of drug-likeness (QED) is 0.717. The van der Waals surface area contributed by atoms with Crippen molar-refractivity contribution in [1.29, 1.82) is 0 Å². The Hall–Kier alpha value is -2.90. The fourth-order valence-electron chi connectivity index (χ4n) is 2.19. The minimum atomic E-state index is -4.77. The van der Waals surface area contributed by atoms with Crippen molar-refractivity contribution in [2.24, 2.45) is 0 Å². The standard InChI is InChI=1S/C16H11F4N3O/c1-9-21-15(23-22-9)11-4-7-14(17)13(8-11)10-2-5-12(6-3-10)24-16(18,19)20/h2-8H,1H3,(H,21,22,23). The van der Waals surface area contributed by atoms with Crippen molar-refractivity contribution < 1.29 is 22.3 Å². The van der Waals surface area contributed by atoms with Crippen LogP contribution in [-0.2, 0) is 0 Å². The van der Waals surface area contributed by atoms with E-state index in [0.717, 1.165) is 12.1 Å². The van der Waals surface area contributed by atoms with Crippen LogP contribution >= 0.6 is 0 Å². The lowest BCUT2D eigenvalue weighted by atomic mass is 10.0. The van der Waals surface area contributed by atoms with Crippen molar-refractivity contribution in [2.75, 3.05) is 0 Å². The minimum Gasteiger partial charge on any atom is -0.406 e. The highest BCUT2D eigenvalue weighted by molar-refractivity contribution is 5.71. The van der Waals surface area contributed by atoms with E-state index in [9.17, 15) is 17.6 Å². The van der Waals surface area contributed by atoms with Gasteiger partial charge in [0, 0.05) is 11.1 Å². The first kappa shape index (κ1) is 16.0. The SMILES string of the molecule is Cc1nc(-c2ccc(F)c(-c3ccc(OC(F)(F)F)cc3)c2)n[nH]1. The maximum atomic E-state index is 14.1. The van der Waals surface area contributed by atoms with Crippen LogP contribution in [0.3, 0.4) is 0 Å². The minimum absolute atomic E-state index is 0.230. The lowest BCUT2D eigenvalue weighted by Gasteiger charge is -2.10. The van der Waals surface area contributed by atoms with E-state index in [1.807, 2.05) is 0 Å². The van der Waals surface area contributed by atoms with Gasteiger partial charge in [-0.25, -0.2) is 9.37 Å². The molecule has 4 nitrogen and oxygen atoms in total. The van der Waals surface area contributed by atoms with E-state index in [0.29, 0.717) is 22.8 Å². The van der Waals surface area contributed by atoms with Crippen LogP contribution in [0.2, 0.25) is 0 Å². The third-order valence-electron chi connectivity index (χ3n) is 3.22. The zero-order valence-electron chi connectivity index (χ0n) is 12.4. The second kappa shape index (κ2) is 5.95. The highest BCUT2D eigenvalue weighted by atomic mass is 19.4. The lowest BCUT2D eigenvalue weighted by molar-refractivity contribution is -0.274. The highest BCUT2D eigenvalue weighted by Crippen LogP contribution is 2.30. The largest absolute Gasteiger partial charge is 0.573 e. The van der Waals surface area contributed by atoms with E-state index >= 15 is 0 Å². The molecular weight excluding hydrogens is 326 g/mol. The van der Waals surface area contributed by atoms with Crippen LogP contribution in [0.5, 0.6) is 5.75 Å². The maximum absolute atomic E-state index is 14.1. The number of aromatic nitrogens is 3. The Morgan fingerprint density at radius 3 is 2.25 bits per heavy atom. The van der Waals surface area contributed by atoms with Gasteiger partial charge in [0.25, 0.3) is 0 Å². The average molecular weight is 337 g/mol. The van der Waals surface area contributed by atoms with Gasteiger partial charge in [0.15, 0.2) is 5.82 Å². The zero-order chi connectivity index (χ0) is 17.3. The number of H-pyrrole nitrogens is 1. The molecule has 1 heterocycles. The summed E-state index contributed by atoms with van der Waals surface area (Å²) < 4.78 is 54.4. The molecule has 1 N–H and O–H groups in total. The normalized spacial score (nSPS) is 11.5. The van der Waals surface area contributed by atoms with E-state index in [1.54, 1.807) is 6.92 Å². The number of ether oxygens (including phenoxy) is 1. The summed E-state index contributed by atoms with van der Waals surface area (Å²) in [5, 5.41) is 6.69. The first-order valence-corrected chi connectivity index (χ1v) is 6.87. The van der Waals surface area contributed by atoms with Crippen LogP contribution in [0.4, 0.5) is 17.6 Å². The van der Waals surface area contributed by atoms with E-state index in [1.165, 1.54) is 30.3 Å². The molecular formula is C16H11F4N3O. The molecule has 0 radical (unpaired) electrons. The summed E-state index contributed by atoms with van der Waals surface area (Å²) in [7, 11) is 0. The molecule has 0 spiro atoms. The molecule has 3 rings (SSSR count). The highest BCUT2D eigenvalue weighted by Gasteiger charge is 2.31. The summed E-state index contributed by atoms with van der Waals surface area (Å²) >= 11 is 0. The fourth-order valence-corrected chi connectivity index (χ4v) is 2.19. The number of benzene rings is 2. The number of halogens is 4. The van der Waals surface area contributed by atoms with Gasteiger partial charge in [0.2, 0.25) is 0 Å². The Balaban J connectivity index is 1.94. The van der Waals surface area contributed by atoms with Gasteiger partial charge < -0.3 is 4.74 Å². The lowest BCUT2D eigenvalue weighted by Crippen LogP contribution is -2.16. The molecule has 0 saturated heterocycles. The predicted molar refractivity (Wildman–Crippen MR) is 78.6 cm³/mol. The number of alkyl halides is 3. The molecule has 0 aliphatic heterocycles. The molecule has 0 aliphatic carbocycles. The van der Waals surface area contributed by atoms with E-state index < -0.39 is 12.2 Å². The Morgan fingerprint density at radius 1 is 1.00 bits per heavy atom. The molecule has 8 heteroatoms. The summed E-state index contributed by atoms with van der Waals surface area (Å²) in [5.74, 6) is 0.151. The van der Waals surface area contributed by atoms with Crippen molar-refractivity contribution in [3.8, 4) is 28.3 Å². The Labute approximate surface area is 134 Å². The first-order valence-electron chi connectivity index (χ1n) is 6.87. The van der Waals surface area contributed by atoms with Gasteiger partial charge in [-0.3, -0.25) is 5.10 Å². The molecule has 0 bridgehead atoms. The van der Waals surface area contributed by atoms with E-state index in [-0.39, 0.29) is 11.3 Å². The van der Waals surface area contributed by atoms with Crippen LogP contribution in [-0.4, -0.2) is 21.5 Å². The van der Waals surface area contributed by atoms with Gasteiger partial charge in [0.05, 0.1) is 0 Å². The summed E-state index contributed by atoms with van der Waals surface area (Å²) in [6, 6.07) is 9.30. The molecule has 2 aromatic carbocycles. The fraction of sp³-hybridized carbons (Fsp3) is 0.125. The van der Waals surface area contributed by atoms with Crippen LogP contribution in [0.1, 0.15) is 5.82 Å². The summed E-state index contributed by atoms with van der Waals surface area (Å²) in [6.45, 7) is 1.74. The first-order chi connectivity index (χ1) is 11.3. The van der Waals surface area contributed by atoms with E-state index in [4.69, 9.17) is 0 Å². The Kier molecular flexibility index (Phi) is 3.96. The molecule has 0 atom stereocenters. The number of hydrogen-bond acceptors (Lipinski definition) is 3. The predicted octanol–water partition coefficient (Wildman–Crippen LogP) is 4.48. The van der Waals surface area contributed by atoms with Gasteiger partial charge in [-0.1, -0.05) is 12.1 Å². The zero-order valence-corrected chi connectivity index (χ0v) is 12.4. The Morgan fingerprint density at radius 2 is 1.67 bits per heavy atom. The average Bonchev–Trinajstić information content (AvgIpc) is 2.94. The van der Waals surface area contributed by atoms with Crippen LogP contribution in [0.15, 0.2) is 42.5 Å². The number of aryl methyl sites for hydroxylation is 1. The smallest absolute Gasteiger partial charge is 0.406 e. The van der Waals surface area contributed by atoms with Gasteiger partial charge in [-0.05, 0) is 42.8 Å². The van der Waals surface area contributed by atoms with Crippen LogP contribution in [0, 0.1) is 12.7 Å². The molecule has 0 saturated carbocycles. The van der Waals surface area contributed by atoms with Gasteiger partial charge in [-0.2, -0.15) is 5.10 Å². The van der Waals surface area contributed by atoms with Crippen LogP contribution in [0.25, 0.3) is 22.5 Å². The Bertz CT molecular complexity index is 857. The van der Waals surface area contributed by atoms with Gasteiger partial charge >= 0.3 is 6.36 Å². The van der Waals surface area contributed by atoms with Crippen molar-refractivity contribution in [3.05, 3.63) is 54.1 Å². The van der Waals surface area contributed by atoms with Gasteiger partial charge in [0.1, 0.15) is 17.4 Å². The third kappa shape index (κ3) is 3.53. The van der Waals surface area contributed by atoms with Crippen LogP contribution < -0.4 is 4.74 Å². The molecule has 24 heavy (non-hydrogen) atoms. The number of hydrogen-bond donors (Lipinski definition) is 1. The third-order valence-corrected chi connectivity index (χ3v) is 3.22. The van der Waals surface area contributed by atoms with Crippen molar-refractivity contribution in [1.82, 2.24) is 15.2 Å². The second-order valence-corrected chi connectivity index (χ2v) is 5.01. The molecule has 124 valence electrons. The van der Waals surface area contributed by atoms with Crippen molar-refractivity contribution >= 4 is 0 Å². The monoisotopic (exact) mass is 337 g/mol. The summed E-state index contributed by atoms with van der Waals surface area (Å²) in [5.41, 5.74) is 1.23. The molecule has 0 unspecified atom stereocenters. The number of rotatable bonds is 3. The number of nitrogens with one attached hydrogen (secondary N) is 1. The van der Waals surface area contributed by atoms with Crippen molar-refractivity contribution in [2.45, 2.75) is 13.3 Å². The summed E-state index contributed by atoms with van der Waals surface area (Å²) in [6.07, 6.45) is -4.77. The van der Waals surface area contributed by atoms with Crippen molar-refractivity contribution in [3.63, 3.8) is 0 Å². The molecule has 0 fully saturated rings. The number of aromatic amines is 1. The topological polar surface area (TPSA) is 50.8 Å². The number of nitrogens with zero attached hydrogens (tertiary/aromatic N) is 2. The second-order valence-electron chi connectivity index (χ2n) is 5.01. The molecule has 0 amide bonds.